The minimum absolute atomic E-state index is 0.0998. The lowest BCUT2D eigenvalue weighted by Gasteiger charge is -2.21. The van der Waals surface area contributed by atoms with Crippen molar-refractivity contribution in [2.75, 3.05) is 16.8 Å². The van der Waals surface area contributed by atoms with Crippen LogP contribution in [0.15, 0.2) is 53.9 Å². The number of thioether (sulfide) groups is 2. The average molecular weight is 431 g/mol. The first-order chi connectivity index (χ1) is 13.7. The Labute approximate surface area is 176 Å². The van der Waals surface area contributed by atoms with Crippen molar-refractivity contribution in [1.82, 2.24) is 4.98 Å². The van der Waals surface area contributed by atoms with Gasteiger partial charge in [-0.15, -0.1) is 34.9 Å². The summed E-state index contributed by atoms with van der Waals surface area (Å²) in [6.07, 6.45) is 1.45. The van der Waals surface area contributed by atoms with Gasteiger partial charge in [0, 0.05) is 16.6 Å². The molecule has 4 rings (SSSR count). The lowest BCUT2D eigenvalue weighted by molar-refractivity contribution is -0.115. The fraction of sp³-hybridized carbons (Fsp3) is 0.238. The summed E-state index contributed by atoms with van der Waals surface area (Å²) in [6.45, 7) is 0. The van der Waals surface area contributed by atoms with Crippen LogP contribution in [0.1, 0.15) is 22.3 Å². The zero-order chi connectivity index (χ0) is 19.3. The van der Waals surface area contributed by atoms with E-state index in [1.165, 1.54) is 47.0 Å². The molecule has 3 aromatic rings. The molecule has 1 fully saturated rings. The molecule has 1 N–H and O–H groups in total. The number of carbonyl (C=O) groups is 1. The van der Waals surface area contributed by atoms with E-state index in [4.69, 9.17) is 0 Å². The second kappa shape index (κ2) is 9.11. The van der Waals surface area contributed by atoms with E-state index in [9.17, 15) is 9.18 Å². The number of amides is 1. The molecule has 0 bridgehead atoms. The van der Waals surface area contributed by atoms with Gasteiger partial charge in [0.15, 0.2) is 0 Å². The minimum Gasteiger partial charge on any atom is -0.326 e. The molecule has 7 heteroatoms. The van der Waals surface area contributed by atoms with E-state index in [1.807, 2.05) is 47.1 Å². The number of nitrogens with one attached hydrogen (secondary N) is 1. The van der Waals surface area contributed by atoms with E-state index in [0.29, 0.717) is 10.3 Å². The topological polar surface area (TPSA) is 42.0 Å². The van der Waals surface area contributed by atoms with E-state index in [2.05, 4.69) is 22.4 Å². The molecule has 1 aromatic heterocycles. The van der Waals surface area contributed by atoms with Gasteiger partial charge < -0.3 is 5.32 Å². The predicted octanol–water partition coefficient (Wildman–Crippen LogP) is 6.00. The Balaban J connectivity index is 1.39. The number of thiazole rings is 1. The highest BCUT2D eigenvalue weighted by Gasteiger charge is 2.17. The van der Waals surface area contributed by atoms with E-state index in [1.54, 1.807) is 6.07 Å². The van der Waals surface area contributed by atoms with Crippen LogP contribution >= 0.6 is 34.9 Å². The van der Waals surface area contributed by atoms with Crippen LogP contribution in [0.2, 0.25) is 0 Å². The van der Waals surface area contributed by atoms with Gasteiger partial charge in [-0.05, 0) is 47.8 Å². The van der Waals surface area contributed by atoms with Crippen molar-refractivity contribution in [2.45, 2.75) is 17.4 Å². The first-order valence-corrected chi connectivity index (χ1v) is 12.0. The fourth-order valence-corrected chi connectivity index (χ4v) is 6.65. The molecule has 0 saturated carbocycles. The summed E-state index contributed by atoms with van der Waals surface area (Å²) in [7, 11) is 0. The van der Waals surface area contributed by atoms with Crippen molar-refractivity contribution in [3.8, 4) is 10.6 Å². The van der Waals surface area contributed by atoms with Gasteiger partial charge in [-0.2, -0.15) is 0 Å². The van der Waals surface area contributed by atoms with Gasteiger partial charge in [0.25, 0.3) is 0 Å². The SMILES string of the molecule is O=C(Cc1csc(-c2cccc(F)c2)n1)Nc1cccc(C2SCCCS2)c1. The summed E-state index contributed by atoms with van der Waals surface area (Å²) in [5.74, 6) is 1.98. The lowest BCUT2D eigenvalue weighted by atomic mass is 10.2. The van der Waals surface area contributed by atoms with Crippen LogP contribution in [0, 0.1) is 5.82 Å². The Morgan fingerprint density at radius 2 is 1.96 bits per heavy atom. The number of hydrogen-bond donors (Lipinski definition) is 1. The first-order valence-electron chi connectivity index (χ1n) is 9.01. The molecule has 1 amide bonds. The smallest absolute Gasteiger partial charge is 0.230 e. The minimum atomic E-state index is -0.291. The van der Waals surface area contributed by atoms with Crippen LogP contribution in [-0.4, -0.2) is 22.4 Å². The van der Waals surface area contributed by atoms with Gasteiger partial charge in [-0.3, -0.25) is 4.79 Å². The number of aromatic nitrogens is 1. The van der Waals surface area contributed by atoms with Crippen molar-refractivity contribution < 1.29 is 9.18 Å². The molecule has 0 spiro atoms. The Kier molecular flexibility index (Phi) is 6.34. The molecule has 0 unspecified atom stereocenters. The molecule has 1 aliphatic rings. The molecule has 2 aromatic carbocycles. The monoisotopic (exact) mass is 430 g/mol. The molecule has 3 nitrogen and oxygen atoms in total. The van der Waals surface area contributed by atoms with E-state index in [0.717, 1.165) is 16.3 Å². The highest BCUT2D eigenvalue weighted by atomic mass is 32.2. The van der Waals surface area contributed by atoms with Crippen molar-refractivity contribution in [3.63, 3.8) is 0 Å². The maximum absolute atomic E-state index is 13.4. The second-order valence-electron chi connectivity index (χ2n) is 6.43. The third kappa shape index (κ3) is 4.96. The van der Waals surface area contributed by atoms with Gasteiger partial charge in [0.1, 0.15) is 10.8 Å². The number of carbonyl (C=O) groups excluding carboxylic acids is 1. The Morgan fingerprint density at radius 3 is 2.79 bits per heavy atom. The quantitative estimate of drug-likeness (QED) is 0.539. The Bertz CT molecular complexity index is 970. The summed E-state index contributed by atoms with van der Waals surface area (Å²) >= 11 is 5.34. The maximum Gasteiger partial charge on any atom is 0.230 e. The number of anilines is 1. The van der Waals surface area contributed by atoms with E-state index >= 15 is 0 Å². The number of nitrogens with zero attached hydrogens (tertiary/aromatic N) is 1. The molecule has 2 heterocycles. The molecule has 0 radical (unpaired) electrons. The molecule has 28 heavy (non-hydrogen) atoms. The zero-order valence-electron chi connectivity index (χ0n) is 15.1. The van der Waals surface area contributed by atoms with Crippen LogP contribution < -0.4 is 5.32 Å². The molecule has 0 atom stereocenters. The number of halogens is 1. The third-order valence-corrected chi connectivity index (χ3v) is 8.19. The summed E-state index contributed by atoms with van der Waals surface area (Å²) in [4.78, 5) is 16.9. The second-order valence-corrected chi connectivity index (χ2v) is 10.0. The maximum atomic E-state index is 13.4. The van der Waals surface area contributed by atoms with Crippen LogP contribution in [0.3, 0.4) is 0 Å². The molecule has 0 aliphatic carbocycles. The Morgan fingerprint density at radius 1 is 1.14 bits per heavy atom. The van der Waals surface area contributed by atoms with Crippen LogP contribution in [-0.2, 0) is 11.2 Å². The standard InChI is InChI=1S/C21H19FN2OS3/c22-16-6-1-4-14(10-16)20-24-18(13-28-20)12-19(25)23-17-7-2-5-15(11-17)21-26-8-3-9-27-21/h1-2,4-7,10-11,13,21H,3,8-9,12H2,(H,23,25). The normalized spacial score (nSPS) is 14.8. The van der Waals surface area contributed by atoms with Crippen molar-refractivity contribution in [3.05, 3.63) is 71.0 Å². The molecule has 1 saturated heterocycles. The third-order valence-electron chi connectivity index (χ3n) is 4.23. The zero-order valence-corrected chi connectivity index (χ0v) is 17.5. The van der Waals surface area contributed by atoms with Gasteiger partial charge in [-0.25, -0.2) is 9.37 Å². The van der Waals surface area contributed by atoms with Crippen molar-refractivity contribution in [1.29, 1.82) is 0 Å². The highest BCUT2D eigenvalue weighted by molar-refractivity contribution is 8.16. The molecule has 144 valence electrons. The van der Waals surface area contributed by atoms with Gasteiger partial charge in [0.2, 0.25) is 5.91 Å². The van der Waals surface area contributed by atoms with Gasteiger partial charge in [0.05, 0.1) is 16.7 Å². The number of benzene rings is 2. The first kappa shape index (κ1) is 19.5. The average Bonchev–Trinajstić information content (AvgIpc) is 3.17. The lowest BCUT2D eigenvalue weighted by Crippen LogP contribution is -2.14. The van der Waals surface area contributed by atoms with E-state index in [-0.39, 0.29) is 18.1 Å². The summed E-state index contributed by atoms with van der Waals surface area (Å²) in [5.41, 5.74) is 3.48. The van der Waals surface area contributed by atoms with Crippen LogP contribution in [0.5, 0.6) is 0 Å². The van der Waals surface area contributed by atoms with Crippen molar-refractivity contribution >= 4 is 46.5 Å². The molecular weight excluding hydrogens is 411 g/mol. The van der Waals surface area contributed by atoms with Crippen molar-refractivity contribution in [2.24, 2.45) is 0 Å². The molecular formula is C21H19FN2OS3. The van der Waals surface area contributed by atoms with Gasteiger partial charge >= 0.3 is 0 Å². The van der Waals surface area contributed by atoms with Crippen LogP contribution in [0.25, 0.3) is 10.6 Å². The largest absolute Gasteiger partial charge is 0.326 e. The Hall–Kier alpha value is -1.83. The summed E-state index contributed by atoms with van der Waals surface area (Å²) in [6, 6.07) is 14.4. The van der Waals surface area contributed by atoms with Gasteiger partial charge in [-0.1, -0.05) is 24.3 Å². The van der Waals surface area contributed by atoms with E-state index < -0.39 is 0 Å². The number of rotatable bonds is 5. The fourth-order valence-electron chi connectivity index (χ4n) is 2.96. The highest BCUT2D eigenvalue weighted by Crippen LogP contribution is 2.44. The predicted molar refractivity (Wildman–Crippen MR) is 119 cm³/mol. The summed E-state index contributed by atoms with van der Waals surface area (Å²) in [5, 5.41) is 5.55. The summed E-state index contributed by atoms with van der Waals surface area (Å²) < 4.78 is 13.8. The van der Waals surface area contributed by atoms with Crippen LogP contribution in [0.4, 0.5) is 10.1 Å². The molecule has 1 aliphatic heterocycles. The number of hydrogen-bond acceptors (Lipinski definition) is 5.